The van der Waals surface area contributed by atoms with Gasteiger partial charge in [0.25, 0.3) is 5.91 Å². The Morgan fingerprint density at radius 1 is 1.14 bits per heavy atom. The number of thioether (sulfide) groups is 1. The van der Waals surface area contributed by atoms with Crippen LogP contribution in [-0.2, 0) is 19.1 Å². The van der Waals surface area contributed by atoms with Gasteiger partial charge in [-0.15, -0.1) is 11.8 Å². The van der Waals surface area contributed by atoms with E-state index in [0.29, 0.717) is 13.2 Å². The average molecular weight is 511 g/mol. The first-order valence-corrected chi connectivity index (χ1v) is 13.7. The van der Waals surface area contributed by atoms with Crippen molar-refractivity contribution < 1.29 is 24.2 Å². The Hall–Kier alpha value is -2.58. The van der Waals surface area contributed by atoms with Crippen molar-refractivity contribution in [2.75, 3.05) is 24.7 Å². The van der Waals surface area contributed by atoms with Gasteiger partial charge in [0.05, 0.1) is 35.8 Å². The van der Waals surface area contributed by atoms with Crippen LogP contribution in [0.25, 0.3) is 0 Å². The van der Waals surface area contributed by atoms with E-state index in [1.165, 1.54) is 11.8 Å². The summed E-state index contributed by atoms with van der Waals surface area (Å²) in [6, 6.07) is 4.53. The van der Waals surface area contributed by atoms with E-state index in [-0.39, 0.29) is 29.6 Å². The zero-order chi connectivity index (χ0) is 25.6. The van der Waals surface area contributed by atoms with Gasteiger partial charge in [-0.3, -0.25) is 14.4 Å². The molecule has 0 aliphatic carbocycles. The smallest absolute Gasteiger partial charge is 0.311 e. The summed E-state index contributed by atoms with van der Waals surface area (Å²) in [6.45, 7) is 6.16. The summed E-state index contributed by atoms with van der Waals surface area (Å²) in [5.41, 5.74) is 2.81. The van der Waals surface area contributed by atoms with Gasteiger partial charge in [-0.25, -0.2) is 0 Å². The number of para-hydroxylation sites is 1. The number of fused-ring (bicyclic) bond motifs is 2. The highest BCUT2D eigenvalue weighted by atomic mass is 32.2. The Balaban J connectivity index is 1.65. The highest BCUT2D eigenvalue weighted by Crippen LogP contribution is 2.61. The fraction of sp³-hybridized carbons (Fsp3) is 0.536. The van der Waals surface area contributed by atoms with Crippen LogP contribution in [0.2, 0.25) is 0 Å². The molecule has 36 heavy (non-hydrogen) atoms. The summed E-state index contributed by atoms with van der Waals surface area (Å²) in [5.74, 6) is -2.23. The molecule has 192 valence electrons. The van der Waals surface area contributed by atoms with Crippen LogP contribution in [0.4, 0.5) is 5.69 Å². The van der Waals surface area contributed by atoms with Crippen LogP contribution >= 0.6 is 11.8 Å². The number of hydrogen-bond donors (Lipinski definition) is 1. The lowest BCUT2D eigenvalue weighted by Gasteiger charge is -2.38. The first-order chi connectivity index (χ1) is 17.3. The van der Waals surface area contributed by atoms with Gasteiger partial charge < -0.3 is 19.6 Å². The van der Waals surface area contributed by atoms with E-state index >= 15 is 0 Å². The van der Waals surface area contributed by atoms with Crippen LogP contribution in [0.15, 0.2) is 42.5 Å². The van der Waals surface area contributed by atoms with Crippen molar-refractivity contribution in [3.05, 3.63) is 53.6 Å². The number of hydrogen-bond acceptors (Lipinski definition) is 6. The Kier molecular flexibility index (Phi) is 6.76. The summed E-state index contributed by atoms with van der Waals surface area (Å²) >= 11 is 1.53. The standard InChI is InChI=1S/C28H34N2O5S/c1-17-10-8-11-18(2)23(17)29-14-9-13-28-22(25(32)30(19(3)16-31)24(28)26(29)33)21-20(36-28)12-6-4-5-7-15-35-27(21)34/h6,8-13,19-22,24,31H,4-5,7,14-16H2,1-3H3/b12-6-/t19-,20+,21-,22+,24?,28+/m1/s1. The lowest BCUT2D eigenvalue weighted by molar-refractivity contribution is -0.153. The molecule has 7 nitrogen and oxygen atoms in total. The van der Waals surface area contributed by atoms with E-state index in [0.717, 1.165) is 36.1 Å². The number of benzene rings is 1. The lowest BCUT2D eigenvalue weighted by atomic mass is 9.78. The summed E-state index contributed by atoms with van der Waals surface area (Å²) in [4.78, 5) is 45.2. The van der Waals surface area contributed by atoms with Gasteiger partial charge >= 0.3 is 5.97 Å². The largest absolute Gasteiger partial charge is 0.465 e. The molecule has 5 rings (SSSR count). The predicted molar refractivity (Wildman–Crippen MR) is 140 cm³/mol. The molecule has 1 spiro atoms. The molecule has 1 aromatic carbocycles. The Morgan fingerprint density at radius 3 is 2.61 bits per heavy atom. The van der Waals surface area contributed by atoms with Gasteiger partial charge in [-0.05, 0) is 51.2 Å². The van der Waals surface area contributed by atoms with E-state index in [2.05, 4.69) is 6.08 Å². The van der Waals surface area contributed by atoms with Crippen molar-refractivity contribution in [2.45, 2.75) is 62.1 Å². The van der Waals surface area contributed by atoms with Crippen molar-refractivity contribution in [1.29, 1.82) is 0 Å². The van der Waals surface area contributed by atoms with Crippen LogP contribution in [0, 0.1) is 25.7 Å². The molecule has 6 atom stereocenters. The van der Waals surface area contributed by atoms with E-state index in [4.69, 9.17) is 4.74 Å². The monoisotopic (exact) mass is 510 g/mol. The Bertz CT molecular complexity index is 1110. The van der Waals surface area contributed by atoms with Crippen LogP contribution in [0.3, 0.4) is 0 Å². The molecule has 2 saturated heterocycles. The Morgan fingerprint density at radius 2 is 1.89 bits per heavy atom. The summed E-state index contributed by atoms with van der Waals surface area (Å²) in [7, 11) is 0. The first-order valence-electron chi connectivity index (χ1n) is 12.8. The molecule has 4 aliphatic rings. The number of rotatable bonds is 3. The van der Waals surface area contributed by atoms with E-state index in [9.17, 15) is 19.5 Å². The number of cyclic esters (lactones) is 1. The number of aryl methyl sites for hydroxylation is 2. The van der Waals surface area contributed by atoms with Crippen LogP contribution in [0.5, 0.6) is 0 Å². The molecule has 2 fully saturated rings. The van der Waals surface area contributed by atoms with Gasteiger partial charge in [0.2, 0.25) is 5.91 Å². The van der Waals surface area contributed by atoms with Gasteiger partial charge in [-0.1, -0.05) is 42.5 Å². The van der Waals surface area contributed by atoms with E-state index < -0.39 is 28.7 Å². The van der Waals surface area contributed by atoms with Crippen molar-refractivity contribution in [3.63, 3.8) is 0 Å². The maximum Gasteiger partial charge on any atom is 0.311 e. The third kappa shape index (κ3) is 3.80. The molecule has 8 heteroatoms. The number of aliphatic hydroxyl groups excluding tert-OH is 1. The molecule has 0 bridgehead atoms. The summed E-state index contributed by atoms with van der Waals surface area (Å²) < 4.78 is 4.72. The first kappa shape index (κ1) is 25.1. The number of nitrogens with zero attached hydrogens (tertiary/aromatic N) is 2. The fourth-order valence-electron chi connectivity index (χ4n) is 6.35. The number of ether oxygens (including phenoxy) is 1. The fourth-order valence-corrected chi connectivity index (χ4v) is 8.34. The minimum atomic E-state index is -0.921. The number of amides is 2. The van der Waals surface area contributed by atoms with E-state index in [1.807, 2.05) is 50.3 Å². The maximum atomic E-state index is 14.4. The van der Waals surface area contributed by atoms with Crippen molar-refractivity contribution in [1.82, 2.24) is 4.90 Å². The normalized spacial score (nSPS) is 33.9. The number of allylic oxidation sites excluding steroid dienone is 1. The molecule has 1 N–H and O–H groups in total. The summed E-state index contributed by atoms with van der Waals surface area (Å²) in [6.07, 6.45) is 10.7. The molecule has 2 amide bonds. The molecule has 0 saturated carbocycles. The molecule has 4 heterocycles. The number of carbonyl (C=O) groups excluding carboxylic acids is 3. The lowest BCUT2D eigenvalue weighted by Crippen LogP contribution is -2.56. The second kappa shape index (κ2) is 9.71. The minimum Gasteiger partial charge on any atom is -0.465 e. The van der Waals surface area contributed by atoms with Crippen molar-refractivity contribution >= 4 is 35.2 Å². The van der Waals surface area contributed by atoms with Crippen LogP contribution in [0.1, 0.15) is 37.3 Å². The predicted octanol–water partition coefficient (Wildman–Crippen LogP) is 3.17. The van der Waals surface area contributed by atoms with Crippen molar-refractivity contribution in [3.8, 4) is 0 Å². The van der Waals surface area contributed by atoms with E-state index in [1.54, 1.807) is 16.7 Å². The van der Waals surface area contributed by atoms with Crippen LogP contribution in [-0.4, -0.2) is 69.6 Å². The Labute approximate surface area is 216 Å². The number of likely N-dealkylation sites (tertiary alicyclic amines) is 1. The number of aliphatic hydroxyl groups is 1. The number of esters is 1. The molecule has 1 aromatic rings. The molecule has 0 radical (unpaired) electrons. The molecule has 4 aliphatic heterocycles. The van der Waals surface area contributed by atoms with Gasteiger partial charge in [0.15, 0.2) is 0 Å². The molecule has 0 aromatic heterocycles. The highest BCUT2D eigenvalue weighted by Gasteiger charge is 2.71. The number of carbonyl (C=O) groups is 3. The SMILES string of the molecule is Cc1cccc(C)c1N1CC=C[C@]23S[C@H]4/C=C\CCCCOC(=O)[C@H]4[C@H]2C(=O)N([C@H](C)CO)C3C1=O. The topological polar surface area (TPSA) is 87.2 Å². The second-order valence-corrected chi connectivity index (χ2v) is 11.8. The zero-order valence-electron chi connectivity index (χ0n) is 21.1. The second-order valence-electron chi connectivity index (χ2n) is 10.3. The summed E-state index contributed by atoms with van der Waals surface area (Å²) in [5, 5.41) is 9.82. The van der Waals surface area contributed by atoms with Crippen molar-refractivity contribution in [2.24, 2.45) is 11.8 Å². The van der Waals surface area contributed by atoms with Gasteiger partial charge in [0.1, 0.15) is 6.04 Å². The van der Waals surface area contributed by atoms with Crippen LogP contribution < -0.4 is 4.90 Å². The zero-order valence-corrected chi connectivity index (χ0v) is 21.9. The molecular weight excluding hydrogens is 476 g/mol. The number of anilines is 1. The maximum absolute atomic E-state index is 14.4. The molecule has 1 unspecified atom stereocenters. The van der Waals surface area contributed by atoms with Gasteiger partial charge in [0, 0.05) is 17.5 Å². The quantitative estimate of drug-likeness (QED) is 0.497. The minimum absolute atomic E-state index is 0.179. The van der Waals surface area contributed by atoms with Gasteiger partial charge in [-0.2, -0.15) is 0 Å². The third-order valence-electron chi connectivity index (χ3n) is 7.99. The third-order valence-corrected chi connectivity index (χ3v) is 9.73. The average Bonchev–Trinajstić information content (AvgIpc) is 3.25. The highest BCUT2D eigenvalue weighted by molar-refractivity contribution is 8.02. The molecular formula is C28H34N2O5S.